The molecule has 1 atom stereocenters. The second-order valence-corrected chi connectivity index (χ2v) is 5.02. The van der Waals surface area contributed by atoms with E-state index in [4.69, 9.17) is 0 Å². The molecule has 1 aliphatic rings. The lowest BCUT2D eigenvalue weighted by molar-refractivity contribution is 0.0949. The van der Waals surface area contributed by atoms with Crippen LogP contribution in [0.5, 0.6) is 0 Å². The molecule has 2 N–H and O–H groups in total. The van der Waals surface area contributed by atoms with E-state index in [1.54, 1.807) is 0 Å². The predicted molar refractivity (Wildman–Crippen MR) is 61.3 cm³/mol. The minimum Gasteiger partial charge on any atom is -0.367 e. The predicted octanol–water partition coefficient (Wildman–Crippen LogP) is 1.15. The zero-order chi connectivity index (χ0) is 11.8. The van der Waals surface area contributed by atoms with Crippen molar-refractivity contribution >= 4 is 5.91 Å². The smallest absolute Gasteiger partial charge is 0.256 e. The van der Waals surface area contributed by atoms with Crippen LogP contribution in [0, 0.1) is 11.3 Å². The van der Waals surface area contributed by atoms with Gasteiger partial charge in [0.25, 0.3) is 5.91 Å². The lowest BCUT2D eigenvalue weighted by Gasteiger charge is -2.05. The average molecular weight is 220 g/mol. The SMILES string of the molecule is CC1(C)CC1CNC(=O)c1c[nH]ccc1=O. The molecule has 1 aromatic heterocycles. The highest BCUT2D eigenvalue weighted by molar-refractivity contribution is 5.93. The van der Waals surface area contributed by atoms with Crippen molar-refractivity contribution in [1.29, 1.82) is 0 Å². The molecule has 1 amide bonds. The van der Waals surface area contributed by atoms with Crippen molar-refractivity contribution in [2.24, 2.45) is 11.3 Å². The van der Waals surface area contributed by atoms with Gasteiger partial charge in [-0.25, -0.2) is 0 Å². The van der Waals surface area contributed by atoms with Gasteiger partial charge in [0.1, 0.15) is 5.56 Å². The molecule has 4 nitrogen and oxygen atoms in total. The highest BCUT2D eigenvalue weighted by Crippen LogP contribution is 2.50. The van der Waals surface area contributed by atoms with E-state index in [-0.39, 0.29) is 16.9 Å². The third-order valence-corrected chi connectivity index (χ3v) is 3.30. The maximum Gasteiger partial charge on any atom is 0.256 e. The summed E-state index contributed by atoms with van der Waals surface area (Å²) >= 11 is 0. The van der Waals surface area contributed by atoms with E-state index in [0.717, 1.165) is 6.42 Å². The van der Waals surface area contributed by atoms with Crippen molar-refractivity contribution in [2.45, 2.75) is 20.3 Å². The van der Waals surface area contributed by atoms with E-state index in [2.05, 4.69) is 24.1 Å². The number of carbonyl (C=O) groups is 1. The highest BCUT2D eigenvalue weighted by atomic mass is 16.2. The van der Waals surface area contributed by atoms with Crippen LogP contribution in [0.1, 0.15) is 30.6 Å². The summed E-state index contributed by atoms with van der Waals surface area (Å²) in [6, 6.07) is 1.36. The van der Waals surface area contributed by atoms with Crippen molar-refractivity contribution < 1.29 is 4.79 Å². The monoisotopic (exact) mass is 220 g/mol. The van der Waals surface area contributed by atoms with Crippen LogP contribution in [0.4, 0.5) is 0 Å². The molecule has 1 fully saturated rings. The Morgan fingerprint density at radius 2 is 2.31 bits per heavy atom. The molecule has 0 saturated heterocycles. The topological polar surface area (TPSA) is 62.0 Å². The number of aromatic nitrogens is 1. The van der Waals surface area contributed by atoms with Crippen LogP contribution in [0.15, 0.2) is 23.3 Å². The molecule has 0 radical (unpaired) electrons. The molecule has 4 heteroatoms. The molecule has 16 heavy (non-hydrogen) atoms. The molecule has 1 saturated carbocycles. The van der Waals surface area contributed by atoms with Crippen LogP contribution in [-0.4, -0.2) is 17.4 Å². The van der Waals surface area contributed by atoms with Gasteiger partial charge in [-0.3, -0.25) is 9.59 Å². The first kappa shape index (κ1) is 10.9. The summed E-state index contributed by atoms with van der Waals surface area (Å²) in [5, 5.41) is 2.80. The third-order valence-electron chi connectivity index (χ3n) is 3.30. The van der Waals surface area contributed by atoms with E-state index in [1.807, 2.05) is 0 Å². The first-order valence-corrected chi connectivity index (χ1v) is 5.46. The van der Waals surface area contributed by atoms with E-state index >= 15 is 0 Å². The Labute approximate surface area is 94.1 Å². The first-order valence-electron chi connectivity index (χ1n) is 5.46. The molecule has 0 aliphatic heterocycles. The van der Waals surface area contributed by atoms with E-state index in [1.165, 1.54) is 18.5 Å². The number of hydrogen-bond acceptors (Lipinski definition) is 2. The summed E-state index contributed by atoms with van der Waals surface area (Å²) in [5.74, 6) is 0.254. The summed E-state index contributed by atoms with van der Waals surface area (Å²) in [6.45, 7) is 5.01. The van der Waals surface area contributed by atoms with Crippen molar-refractivity contribution in [1.82, 2.24) is 10.3 Å². The van der Waals surface area contributed by atoms with Gasteiger partial charge in [0.05, 0.1) is 0 Å². The fraction of sp³-hybridized carbons (Fsp3) is 0.500. The number of rotatable bonds is 3. The Kier molecular flexibility index (Phi) is 2.58. The minimum absolute atomic E-state index is 0.181. The van der Waals surface area contributed by atoms with Crippen molar-refractivity contribution in [3.8, 4) is 0 Å². The van der Waals surface area contributed by atoms with Crippen molar-refractivity contribution in [2.75, 3.05) is 6.54 Å². The Balaban J connectivity index is 1.95. The van der Waals surface area contributed by atoms with Crippen LogP contribution < -0.4 is 10.7 Å². The molecule has 1 heterocycles. The first-order chi connectivity index (χ1) is 7.50. The zero-order valence-electron chi connectivity index (χ0n) is 9.54. The number of hydrogen-bond donors (Lipinski definition) is 2. The molecule has 1 aromatic rings. The van der Waals surface area contributed by atoms with Crippen LogP contribution >= 0.6 is 0 Å². The summed E-state index contributed by atoms with van der Waals surface area (Å²) < 4.78 is 0. The number of carbonyl (C=O) groups excluding carboxylic acids is 1. The number of aromatic amines is 1. The molecule has 0 spiro atoms. The van der Waals surface area contributed by atoms with Crippen molar-refractivity contribution in [3.63, 3.8) is 0 Å². The van der Waals surface area contributed by atoms with Crippen LogP contribution in [0.2, 0.25) is 0 Å². The summed E-state index contributed by atoms with van der Waals surface area (Å²) in [6.07, 6.45) is 4.09. The van der Waals surface area contributed by atoms with Gasteiger partial charge in [-0.1, -0.05) is 13.8 Å². The van der Waals surface area contributed by atoms with Gasteiger partial charge in [0, 0.05) is 25.0 Å². The van der Waals surface area contributed by atoms with Gasteiger partial charge in [-0.05, 0) is 17.8 Å². The van der Waals surface area contributed by atoms with Gasteiger partial charge in [-0.2, -0.15) is 0 Å². The number of amides is 1. The molecular formula is C12H16N2O2. The van der Waals surface area contributed by atoms with Gasteiger partial charge in [0.15, 0.2) is 5.43 Å². The molecule has 86 valence electrons. The quantitative estimate of drug-likeness (QED) is 0.802. The molecule has 2 rings (SSSR count). The Morgan fingerprint density at radius 3 is 2.88 bits per heavy atom. The Bertz CT molecular complexity index is 462. The number of pyridine rings is 1. The van der Waals surface area contributed by atoms with Crippen LogP contribution in [0.25, 0.3) is 0 Å². The van der Waals surface area contributed by atoms with Crippen LogP contribution in [-0.2, 0) is 0 Å². The Hall–Kier alpha value is -1.58. The molecule has 0 aromatic carbocycles. The molecular weight excluding hydrogens is 204 g/mol. The van der Waals surface area contributed by atoms with E-state index in [9.17, 15) is 9.59 Å². The highest BCUT2D eigenvalue weighted by Gasteiger charge is 2.45. The normalized spacial score (nSPS) is 21.5. The van der Waals surface area contributed by atoms with E-state index in [0.29, 0.717) is 17.9 Å². The van der Waals surface area contributed by atoms with Gasteiger partial charge < -0.3 is 10.3 Å². The van der Waals surface area contributed by atoms with Gasteiger partial charge >= 0.3 is 0 Å². The van der Waals surface area contributed by atoms with E-state index < -0.39 is 0 Å². The van der Waals surface area contributed by atoms with Gasteiger partial charge in [-0.15, -0.1) is 0 Å². The minimum atomic E-state index is -0.287. The fourth-order valence-corrected chi connectivity index (χ4v) is 1.83. The maximum absolute atomic E-state index is 11.7. The molecule has 0 bridgehead atoms. The summed E-state index contributed by atoms with van der Waals surface area (Å²) in [5.41, 5.74) is 0.281. The average Bonchev–Trinajstić information content (AvgIpc) is 2.84. The largest absolute Gasteiger partial charge is 0.367 e. The standard InChI is InChI=1S/C12H16N2O2/c1-12(2)5-8(12)6-14-11(16)9-7-13-4-3-10(9)15/h3-4,7-8H,5-6H2,1-2H3,(H,13,15)(H,14,16). The van der Waals surface area contributed by atoms with Crippen molar-refractivity contribution in [3.05, 3.63) is 34.2 Å². The zero-order valence-corrected chi connectivity index (χ0v) is 9.54. The number of nitrogens with one attached hydrogen (secondary N) is 2. The maximum atomic E-state index is 11.7. The molecule has 1 aliphatic carbocycles. The molecule has 1 unspecified atom stereocenters. The fourth-order valence-electron chi connectivity index (χ4n) is 1.83. The van der Waals surface area contributed by atoms with Gasteiger partial charge in [0.2, 0.25) is 0 Å². The lowest BCUT2D eigenvalue weighted by Crippen LogP contribution is -2.30. The lowest BCUT2D eigenvalue weighted by atomic mass is 10.1. The number of H-pyrrole nitrogens is 1. The second-order valence-electron chi connectivity index (χ2n) is 5.02. The third kappa shape index (κ3) is 2.15. The second kappa shape index (κ2) is 3.77. The summed E-state index contributed by atoms with van der Waals surface area (Å²) in [4.78, 5) is 25.8. The Morgan fingerprint density at radius 1 is 1.62 bits per heavy atom. The van der Waals surface area contributed by atoms with Crippen LogP contribution in [0.3, 0.4) is 0 Å². The summed E-state index contributed by atoms with van der Waals surface area (Å²) in [7, 11) is 0.